The van der Waals surface area contributed by atoms with Crippen LogP contribution in [0.1, 0.15) is 37.1 Å². The highest BCUT2D eigenvalue weighted by Crippen LogP contribution is 2.20. The first-order valence-electron chi connectivity index (χ1n) is 8.40. The zero-order valence-corrected chi connectivity index (χ0v) is 14.0. The molecule has 0 saturated carbocycles. The van der Waals surface area contributed by atoms with Gasteiger partial charge in [-0.25, -0.2) is 4.98 Å². The number of aromatic nitrogens is 4. The summed E-state index contributed by atoms with van der Waals surface area (Å²) in [6.45, 7) is 6.58. The highest BCUT2D eigenvalue weighted by atomic mass is 16.2. The molecular formula is C17H25N5O. The summed E-state index contributed by atoms with van der Waals surface area (Å²) < 4.78 is 4.06. The fourth-order valence-electron chi connectivity index (χ4n) is 3.32. The van der Waals surface area contributed by atoms with Crippen molar-refractivity contribution in [3.8, 4) is 0 Å². The van der Waals surface area contributed by atoms with Crippen LogP contribution in [0, 0.1) is 13.8 Å². The Hall–Kier alpha value is -2.11. The smallest absolute Gasteiger partial charge is 0.222 e. The van der Waals surface area contributed by atoms with E-state index in [1.165, 1.54) is 0 Å². The predicted octanol–water partition coefficient (Wildman–Crippen LogP) is 2.17. The number of aryl methyl sites for hydroxylation is 3. The van der Waals surface area contributed by atoms with E-state index in [-0.39, 0.29) is 11.9 Å². The molecule has 0 bridgehead atoms. The van der Waals surface area contributed by atoms with Crippen molar-refractivity contribution in [2.45, 2.75) is 58.7 Å². The Kier molecular flexibility index (Phi) is 4.79. The molecule has 6 heteroatoms. The van der Waals surface area contributed by atoms with Gasteiger partial charge in [-0.3, -0.25) is 9.48 Å². The molecule has 1 amide bonds. The topological polar surface area (TPSA) is 56.0 Å². The van der Waals surface area contributed by atoms with Gasteiger partial charge in [0.1, 0.15) is 5.82 Å². The van der Waals surface area contributed by atoms with Gasteiger partial charge in [0.15, 0.2) is 0 Å². The van der Waals surface area contributed by atoms with Crippen molar-refractivity contribution >= 4 is 5.91 Å². The first kappa shape index (κ1) is 15.8. The van der Waals surface area contributed by atoms with Gasteiger partial charge in [0.05, 0.1) is 18.8 Å². The van der Waals surface area contributed by atoms with Crippen LogP contribution in [-0.2, 0) is 17.9 Å². The van der Waals surface area contributed by atoms with Crippen LogP contribution in [0.3, 0.4) is 0 Å². The van der Waals surface area contributed by atoms with E-state index < -0.39 is 0 Å². The van der Waals surface area contributed by atoms with Gasteiger partial charge >= 0.3 is 0 Å². The Morgan fingerprint density at radius 1 is 1.39 bits per heavy atom. The lowest BCUT2D eigenvalue weighted by Crippen LogP contribution is -2.38. The summed E-state index contributed by atoms with van der Waals surface area (Å²) >= 11 is 0. The van der Waals surface area contributed by atoms with Crippen molar-refractivity contribution in [3.63, 3.8) is 0 Å². The molecule has 0 aromatic carbocycles. The second kappa shape index (κ2) is 6.98. The van der Waals surface area contributed by atoms with Gasteiger partial charge in [-0.15, -0.1) is 0 Å². The molecule has 0 aliphatic carbocycles. The van der Waals surface area contributed by atoms with Gasteiger partial charge in [-0.2, -0.15) is 5.10 Å². The van der Waals surface area contributed by atoms with Gasteiger partial charge in [-0.05, 0) is 38.7 Å². The zero-order chi connectivity index (χ0) is 16.2. The van der Waals surface area contributed by atoms with Gasteiger partial charge in [0, 0.05) is 38.1 Å². The molecule has 1 fully saturated rings. The fraction of sp³-hybridized carbons (Fsp3) is 0.588. The van der Waals surface area contributed by atoms with Crippen molar-refractivity contribution in [1.82, 2.24) is 24.2 Å². The number of amides is 1. The maximum atomic E-state index is 12.5. The summed E-state index contributed by atoms with van der Waals surface area (Å²) in [5, 5.41) is 4.35. The first-order chi connectivity index (χ1) is 11.1. The molecule has 0 N–H and O–H groups in total. The minimum Gasteiger partial charge on any atom is -0.338 e. The van der Waals surface area contributed by atoms with Crippen LogP contribution < -0.4 is 0 Å². The van der Waals surface area contributed by atoms with E-state index in [2.05, 4.69) is 19.5 Å². The van der Waals surface area contributed by atoms with Crippen molar-refractivity contribution < 1.29 is 4.79 Å². The summed E-state index contributed by atoms with van der Waals surface area (Å²) in [7, 11) is 0. The number of rotatable bonds is 6. The zero-order valence-electron chi connectivity index (χ0n) is 14.0. The average Bonchev–Trinajstić information content (AvgIpc) is 3.23. The van der Waals surface area contributed by atoms with Crippen molar-refractivity contribution in [2.24, 2.45) is 0 Å². The molecule has 3 rings (SSSR count). The number of carbonyl (C=O) groups is 1. The number of likely N-dealkylation sites (tertiary alicyclic amines) is 1. The molecule has 3 heterocycles. The number of nitrogens with zero attached hydrogens (tertiary/aromatic N) is 5. The number of hydrogen-bond acceptors (Lipinski definition) is 3. The van der Waals surface area contributed by atoms with E-state index in [1.807, 2.05) is 37.1 Å². The SMILES string of the molecule is Cc1cnn(CC2CCCN2C(=O)CCCn2ccnc2C)c1. The Morgan fingerprint density at radius 3 is 2.96 bits per heavy atom. The van der Waals surface area contributed by atoms with Crippen LogP contribution >= 0.6 is 0 Å². The average molecular weight is 315 g/mol. The lowest BCUT2D eigenvalue weighted by atomic mass is 10.2. The molecule has 124 valence electrons. The van der Waals surface area contributed by atoms with E-state index >= 15 is 0 Å². The Labute approximate surface area is 137 Å². The molecule has 23 heavy (non-hydrogen) atoms. The normalized spacial score (nSPS) is 17.8. The van der Waals surface area contributed by atoms with Crippen LogP contribution in [0.4, 0.5) is 0 Å². The lowest BCUT2D eigenvalue weighted by Gasteiger charge is -2.25. The van der Waals surface area contributed by atoms with E-state index in [0.717, 1.165) is 50.3 Å². The third kappa shape index (κ3) is 3.81. The molecule has 6 nitrogen and oxygen atoms in total. The Morgan fingerprint density at radius 2 is 2.26 bits per heavy atom. The third-order valence-electron chi connectivity index (χ3n) is 4.57. The third-order valence-corrected chi connectivity index (χ3v) is 4.57. The molecule has 0 spiro atoms. The van der Waals surface area contributed by atoms with Gasteiger partial charge in [0.2, 0.25) is 5.91 Å². The molecule has 0 radical (unpaired) electrons. The second-order valence-corrected chi connectivity index (χ2v) is 6.39. The maximum Gasteiger partial charge on any atom is 0.222 e. The summed E-state index contributed by atoms with van der Waals surface area (Å²) in [4.78, 5) is 18.8. The van der Waals surface area contributed by atoms with Crippen molar-refractivity contribution in [2.75, 3.05) is 6.54 Å². The van der Waals surface area contributed by atoms with Gasteiger partial charge in [-0.1, -0.05) is 0 Å². The molecular weight excluding hydrogens is 290 g/mol. The van der Waals surface area contributed by atoms with Gasteiger partial charge in [0.25, 0.3) is 0 Å². The fourth-order valence-corrected chi connectivity index (χ4v) is 3.32. The summed E-state index contributed by atoms with van der Waals surface area (Å²) in [5.74, 6) is 1.28. The first-order valence-corrected chi connectivity index (χ1v) is 8.40. The summed E-state index contributed by atoms with van der Waals surface area (Å²) in [6.07, 6.45) is 11.3. The van der Waals surface area contributed by atoms with Crippen LogP contribution in [-0.4, -0.2) is 42.7 Å². The van der Waals surface area contributed by atoms with Gasteiger partial charge < -0.3 is 9.47 Å². The number of carbonyl (C=O) groups excluding carboxylic acids is 1. The molecule has 1 aliphatic heterocycles. The van der Waals surface area contributed by atoms with E-state index in [9.17, 15) is 4.79 Å². The quantitative estimate of drug-likeness (QED) is 0.821. The predicted molar refractivity (Wildman–Crippen MR) is 87.9 cm³/mol. The lowest BCUT2D eigenvalue weighted by molar-refractivity contribution is -0.132. The number of imidazole rings is 1. The molecule has 2 aromatic rings. The van der Waals surface area contributed by atoms with Crippen LogP contribution in [0.15, 0.2) is 24.8 Å². The van der Waals surface area contributed by atoms with E-state index in [0.29, 0.717) is 6.42 Å². The molecule has 1 saturated heterocycles. The highest BCUT2D eigenvalue weighted by Gasteiger charge is 2.28. The standard InChI is InChI=1S/C17H25N5O/c1-14-11-19-21(12-14)13-16-5-3-9-22(16)17(23)6-4-8-20-10-7-18-15(20)2/h7,10-12,16H,3-6,8-9,13H2,1-2H3. The molecule has 1 atom stereocenters. The maximum absolute atomic E-state index is 12.5. The Bertz CT molecular complexity index is 659. The largest absolute Gasteiger partial charge is 0.338 e. The van der Waals surface area contributed by atoms with Crippen LogP contribution in [0.5, 0.6) is 0 Å². The van der Waals surface area contributed by atoms with Crippen LogP contribution in [0.2, 0.25) is 0 Å². The highest BCUT2D eigenvalue weighted by molar-refractivity contribution is 5.76. The molecule has 2 aromatic heterocycles. The van der Waals surface area contributed by atoms with E-state index in [4.69, 9.17) is 0 Å². The van der Waals surface area contributed by atoms with Crippen molar-refractivity contribution in [3.05, 3.63) is 36.2 Å². The minimum absolute atomic E-state index is 0.272. The molecule has 1 aliphatic rings. The number of hydrogen-bond donors (Lipinski definition) is 0. The van der Waals surface area contributed by atoms with Crippen LogP contribution in [0.25, 0.3) is 0 Å². The molecule has 1 unspecified atom stereocenters. The monoisotopic (exact) mass is 315 g/mol. The second-order valence-electron chi connectivity index (χ2n) is 6.39. The minimum atomic E-state index is 0.272. The Balaban J connectivity index is 1.50. The summed E-state index contributed by atoms with van der Waals surface area (Å²) in [5.41, 5.74) is 1.16. The summed E-state index contributed by atoms with van der Waals surface area (Å²) in [6, 6.07) is 0.289. The van der Waals surface area contributed by atoms with E-state index in [1.54, 1.807) is 6.20 Å². The van der Waals surface area contributed by atoms with Crippen molar-refractivity contribution in [1.29, 1.82) is 0 Å².